The summed E-state index contributed by atoms with van der Waals surface area (Å²) < 4.78 is 26.5. The first-order valence-corrected chi connectivity index (χ1v) is 9.66. The van der Waals surface area contributed by atoms with Gasteiger partial charge in [0, 0.05) is 37.1 Å². The van der Waals surface area contributed by atoms with Crippen LogP contribution in [-0.4, -0.2) is 32.8 Å². The van der Waals surface area contributed by atoms with E-state index in [4.69, 9.17) is 16.9 Å². The molecule has 1 N–H and O–H groups in total. The van der Waals surface area contributed by atoms with Crippen molar-refractivity contribution in [1.29, 1.82) is 5.26 Å². The molecule has 0 saturated heterocycles. The number of hydrogen-bond donors (Lipinski definition) is 1. The molecule has 26 heavy (non-hydrogen) atoms. The van der Waals surface area contributed by atoms with Crippen LogP contribution in [0.15, 0.2) is 53.4 Å². The molecular weight excluding hydrogens is 374 g/mol. The Kier molecular flexibility index (Phi) is 6.75. The predicted molar refractivity (Wildman–Crippen MR) is 99.1 cm³/mol. The van der Waals surface area contributed by atoms with Gasteiger partial charge in [0.1, 0.15) is 0 Å². The van der Waals surface area contributed by atoms with Gasteiger partial charge < -0.3 is 4.90 Å². The van der Waals surface area contributed by atoms with Gasteiger partial charge in [0.25, 0.3) is 5.91 Å². The number of halogens is 1. The third-order valence-electron chi connectivity index (χ3n) is 3.60. The monoisotopic (exact) mass is 391 g/mol. The van der Waals surface area contributed by atoms with Gasteiger partial charge in [-0.3, -0.25) is 4.79 Å². The molecule has 2 aromatic carbocycles. The molecule has 0 fully saturated rings. The number of nitriles is 1. The van der Waals surface area contributed by atoms with Gasteiger partial charge in [0.15, 0.2) is 0 Å². The molecule has 2 aromatic rings. The predicted octanol–water partition coefficient (Wildman–Crippen LogP) is 2.80. The lowest BCUT2D eigenvalue weighted by Crippen LogP contribution is -2.27. The molecule has 0 aromatic heterocycles. The van der Waals surface area contributed by atoms with Crippen molar-refractivity contribution >= 4 is 27.5 Å². The minimum atomic E-state index is -3.69. The lowest BCUT2D eigenvalue weighted by molar-refractivity contribution is 0.0785. The van der Waals surface area contributed by atoms with Crippen molar-refractivity contribution in [2.24, 2.45) is 0 Å². The molecule has 0 spiro atoms. The minimum absolute atomic E-state index is 0.0435. The Labute approximate surface area is 158 Å². The number of nitrogens with zero attached hydrogens (tertiary/aromatic N) is 2. The number of amides is 1. The van der Waals surface area contributed by atoms with Gasteiger partial charge in [0.2, 0.25) is 10.0 Å². The Bertz CT molecular complexity index is 921. The van der Waals surface area contributed by atoms with Crippen LogP contribution in [0.2, 0.25) is 5.02 Å². The zero-order chi connectivity index (χ0) is 19.2. The van der Waals surface area contributed by atoms with Crippen LogP contribution < -0.4 is 4.72 Å². The van der Waals surface area contributed by atoms with Crippen molar-refractivity contribution in [3.05, 3.63) is 64.7 Å². The van der Waals surface area contributed by atoms with Crippen molar-refractivity contribution in [2.75, 3.05) is 13.6 Å². The average Bonchev–Trinajstić information content (AvgIpc) is 2.61. The summed E-state index contributed by atoms with van der Waals surface area (Å²) in [7, 11) is -2.03. The summed E-state index contributed by atoms with van der Waals surface area (Å²) in [6.45, 7) is 0.428. The van der Waals surface area contributed by atoms with E-state index in [1.165, 1.54) is 29.2 Å². The summed E-state index contributed by atoms with van der Waals surface area (Å²) in [4.78, 5) is 14.1. The van der Waals surface area contributed by atoms with Gasteiger partial charge in [-0.2, -0.15) is 5.26 Å². The highest BCUT2D eigenvalue weighted by Gasteiger charge is 2.16. The van der Waals surface area contributed by atoms with Crippen molar-refractivity contribution in [3.8, 4) is 6.07 Å². The maximum atomic E-state index is 12.5. The molecule has 0 unspecified atom stereocenters. The molecule has 0 saturated carbocycles. The molecule has 2 rings (SSSR count). The highest BCUT2D eigenvalue weighted by atomic mass is 35.5. The van der Waals surface area contributed by atoms with Crippen molar-refractivity contribution < 1.29 is 13.2 Å². The van der Waals surface area contributed by atoms with E-state index in [-0.39, 0.29) is 23.8 Å². The number of benzene rings is 2. The Morgan fingerprint density at radius 3 is 2.54 bits per heavy atom. The normalized spacial score (nSPS) is 11.0. The molecule has 0 aliphatic heterocycles. The molecular formula is C18H18ClN3O3S. The van der Waals surface area contributed by atoms with Crippen molar-refractivity contribution in [2.45, 2.75) is 17.9 Å². The first kappa shape index (κ1) is 19.9. The van der Waals surface area contributed by atoms with E-state index in [1.54, 1.807) is 19.2 Å². The molecule has 0 radical (unpaired) electrons. The largest absolute Gasteiger partial charge is 0.337 e. The van der Waals surface area contributed by atoms with E-state index in [9.17, 15) is 13.2 Å². The number of nitrogens with one attached hydrogen (secondary N) is 1. The number of carbonyl (C=O) groups is 1. The molecule has 0 atom stereocenters. The quantitative estimate of drug-likeness (QED) is 0.735. The van der Waals surface area contributed by atoms with Gasteiger partial charge in [-0.15, -0.1) is 0 Å². The molecule has 0 heterocycles. The summed E-state index contributed by atoms with van der Waals surface area (Å²) in [6.07, 6.45) is 0.0874. The molecule has 0 aliphatic rings. The summed E-state index contributed by atoms with van der Waals surface area (Å²) in [6, 6.07) is 14.8. The molecule has 0 bridgehead atoms. The lowest BCUT2D eigenvalue weighted by atomic mass is 10.1. The van der Waals surface area contributed by atoms with Crippen LogP contribution in [0.5, 0.6) is 0 Å². The van der Waals surface area contributed by atoms with Crippen LogP contribution >= 0.6 is 11.6 Å². The van der Waals surface area contributed by atoms with Crippen LogP contribution in [0.4, 0.5) is 0 Å². The Hall–Kier alpha value is -2.40. The molecule has 6 nitrogen and oxygen atoms in total. The third kappa shape index (κ3) is 5.30. The fourth-order valence-electron chi connectivity index (χ4n) is 2.30. The first-order chi connectivity index (χ1) is 12.3. The zero-order valence-electron chi connectivity index (χ0n) is 14.1. The van der Waals surface area contributed by atoms with E-state index in [1.807, 2.05) is 18.2 Å². The number of sulfonamides is 1. The summed E-state index contributed by atoms with van der Waals surface area (Å²) in [5.74, 6) is -0.230. The average molecular weight is 392 g/mol. The Morgan fingerprint density at radius 1 is 1.23 bits per heavy atom. The zero-order valence-corrected chi connectivity index (χ0v) is 15.7. The van der Waals surface area contributed by atoms with Crippen LogP contribution in [-0.2, 0) is 16.6 Å². The van der Waals surface area contributed by atoms with Crippen molar-refractivity contribution in [1.82, 2.24) is 9.62 Å². The second-order valence-corrected chi connectivity index (χ2v) is 7.82. The number of rotatable bonds is 7. The van der Waals surface area contributed by atoms with Gasteiger partial charge in [-0.25, -0.2) is 13.1 Å². The highest BCUT2D eigenvalue weighted by Crippen LogP contribution is 2.15. The minimum Gasteiger partial charge on any atom is -0.337 e. The van der Waals surface area contributed by atoms with E-state index >= 15 is 0 Å². The summed E-state index contributed by atoms with van der Waals surface area (Å²) in [5.41, 5.74) is 1.28. The Balaban J connectivity index is 2.07. The van der Waals surface area contributed by atoms with E-state index in [0.29, 0.717) is 17.1 Å². The molecule has 1 amide bonds. The topological polar surface area (TPSA) is 90.3 Å². The third-order valence-corrected chi connectivity index (χ3v) is 5.31. The number of hydrogen-bond acceptors (Lipinski definition) is 4. The van der Waals surface area contributed by atoms with E-state index in [0.717, 1.165) is 5.56 Å². The summed E-state index contributed by atoms with van der Waals surface area (Å²) >= 11 is 5.95. The fraction of sp³-hybridized carbons (Fsp3) is 0.222. The maximum Gasteiger partial charge on any atom is 0.253 e. The lowest BCUT2D eigenvalue weighted by Gasteiger charge is -2.17. The van der Waals surface area contributed by atoms with Crippen LogP contribution in [0, 0.1) is 11.3 Å². The first-order valence-electron chi connectivity index (χ1n) is 7.80. The highest BCUT2D eigenvalue weighted by molar-refractivity contribution is 7.89. The molecule has 0 aliphatic carbocycles. The van der Waals surface area contributed by atoms with Crippen LogP contribution in [0.3, 0.4) is 0 Å². The smallest absolute Gasteiger partial charge is 0.253 e. The Morgan fingerprint density at radius 2 is 1.92 bits per heavy atom. The maximum absolute atomic E-state index is 12.5. The fourth-order valence-corrected chi connectivity index (χ4v) is 3.55. The van der Waals surface area contributed by atoms with Crippen LogP contribution in [0.25, 0.3) is 0 Å². The van der Waals surface area contributed by atoms with Crippen LogP contribution in [0.1, 0.15) is 22.3 Å². The van der Waals surface area contributed by atoms with Crippen molar-refractivity contribution in [3.63, 3.8) is 0 Å². The van der Waals surface area contributed by atoms with Gasteiger partial charge in [-0.1, -0.05) is 23.7 Å². The van der Waals surface area contributed by atoms with Gasteiger partial charge in [-0.05, 0) is 42.0 Å². The van der Waals surface area contributed by atoms with E-state index < -0.39 is 10.0 Å². The second-order valence-electron chi connectivity index (χ2n) is 5.62. The SMILES string of the molecule is CN(Cc1cccc(Cl)c1)C(=O)c1ccc(S(=O)(=O)NCCC#N)cc1. The van der Waals surface area contributed by atoms with Gasteiger partial charge in [0.05, 0.1) is 11.0 Å². The van der Waals surface area contributed by atoms with Gasteiger partial charge >= 0.3 is 0 Å². The second kappa shape index (κ2) is 8.81. The molecule has 8 heteroatoms. The standard InChI is InChI=1S/C18H18ClN3O3S/c1-22(13-14-4-2-5-16(19)12-14)18(23)15-6-8-17(9-7-15)26(24,25)21-11-3-10-20/h2,4-9,12,21H,3,11,13H2,1H3. The molecule has 136 valence electrons. The number of carbonyl (C=O) groups excluding carboxylic acids is 1. The summed E-state index contributed by atoms with van der Waals surface area (Å²) in [5, 5.41) is 9.07. The van der Waals surface area contributed by atoms with E-state index in [2.05, 4.69) is 4.72 Å².